The van der Waals surface area contributed by atoms with Crippen LogP contribution >= 0.6 is 0 Å². The van der Waals surface area contributed by atoms with Gasteiger partial charge < -0.3 is 10.3 Å². The molecule has 1 aliphatic heterocycles. The number of aromatic amines is 1. The average Bonchev–Trinajstić information content (AvgIpc) is 3.22. The lowest BCUT2D eigenvalue weighted by Crippen LogP contribution is -2.45. The summed E-state index contributed by atoms with van der Waals surface area (Å²) >= 11 is 0. The Morgan fingerprint density at radius 1 is 1.16 bits per heavy atom. The van der Waals surface area contributed by atoms with Gasteiger partial charge in [-0.3, -0.25) is 0 Å². The van der Waals surface area contributed by atoms with E-state index in [0.717, 1.165) is 28.8 Å². The highest BCUT2D eigenvalue weighted by atomic mass is 32.2. The molecule has 2 unspecified atom stereocenters. The molecule has 2 aromatic heterocycles. The Morgan fingerprint density at radius 3 is 2.61 bits per heavy atom. The van der Waals surface area contributed by atoms with Crippen molar-refractivity contribution in [1.29, 1.82) is 0 Å². The fraction of sp³-hybridized carbons (Fsp3) is 0.478. The molecule has 1 aliphatic rings. The van der Waals surface area contributed by atoms with E-state index in [9.17, 15) is 8.42 Å². The maximum absolute atomic E-state index is 13.3. The molecule has 7 nitrogen and oxygen atoms in total. The molecule has 0 amide bonds. The van der Waals surface area contributed by atoms with E-state index in [-0.39, 0.29) is 11.3 Å². The van der Waals surface area contributed by atoms with Crippen molar-refractivity contribution in [3.63, 3.8) is 0 Å². The number of nitrogens with one attached hydrogen (secondary N) is 2. The topological polar surface area (TPSA) is 91.0 Å². The summed E-state index contributed by atoms with van der Waals surface area (Å²) in [5, 5.41) is 4.36. The third-order valence-electron chi connectivity index (χ3n) is 6.32. The van der Waals surface area contributed by atoms with E-state index >= 15 is 0 Å². The van der Waals surface area contributed by atoms with Crippen molar-refractivity contribution in [2.45, 2.75) is 44.4 Å². The van der Waals surface area contributed by atoms with Crippen molar-refractivity contribution < 1.29 is 8.42 Å². The van der Waals surface area contributed by atoms with Crippen molar-refractivity contribution in [1.82, 2.24) is 19.3 Å². The van der Waals surface area contributed by atoms with Gasteiger partial charge in [0, 0.05) is 25.8 Å². The SMILES string of the molecule is CC1CCN(S(=O)(=O)c2ccc(C(C)(C)C)cc2)CC1CNc1ncnc2[nH]ccc12. The van der Waals surface area contributed by atoms with Gasteiger partial charge in [-0.15, -0.1) is 0 Å². The zero-order valence-corrected chi connectivity index (χ0v) is 19.4. The maximum atomic E-state index is 13.3. The van der Waals surface area contributed by atoms with Crippen LogP contribution in [0.1, 0.15) is 39.7 Å². The summed E-state index contributed by atoms with van der Waals surface area (Å²) in [6, 6.07) is 9.28. The second-order valence-electron chi connectivity index (χ2n) is 9.51. The van der Waals surface area contributed by atoms with Crippen molar-refractivity contribution in [3.8, 4) is 0 Å². The van der Waals surface area contributed by atoms with Crippen LogP contribution in [0.25, 0.3) is 11.0 Å². The van der Waals surface area contributed by atoms with E-state index < -0.39 is 10.0 Å². The van der Waals surface area contributed by atoms with E-state index in [1.807, 2.05) is 24.4 Å². The number of nitrogens with zero attached hydrogens (tertiary/aromatic N) is 3. The lowest BCUT2D eigenvalue weighted by molar-refractivity contribution is 0.207. The summed E-state index contributed by atoms with van der Waals surface area (Å²) in [5.74, 6) is 1.39. The number of H-pyrrole nitrogens is 1. The van der Waals surface area contributed by atoms with Crippen molar-refractivity contribution in [3.05, 3.63) is 48.4 Å². The number of hydrogen-bond acceptors (Lipinski definition) is 5. The molecule has 0 saturated carbocycles. The first-order valence-electron chi connectivity index (χ1n) is 10.8. The number of anilines is 1. The van der Waals surface area contributed by atoms with Crippen LogP contribution in [0.2, 0.25) is 0 Å². The van der Waals surface area contributed by atoms with Crippen molar-refractivity contribution in [2.75, 3.05) is 25.0 Å². The number of piperidine rings is 1. The van der Waals surface area contributed by atoms with Gasteiger partial charge in [0.2, 0.25) is 10.0 Å². The Labute approximate surface area is 184 Å². The normalized spacial score (nSPS) is 20.8. The van der Waals surface area contributed by atoms with Crippen LogP contribution in [-0.2, 0) is 15.4 Å². The van der Waals surface area contributed by atoms with Gasteiger partial charge in [-0.1, -0.05) is 39.8 Å². The van der Waals surface area contributed by atoms with Gasteiger partial charge in [0.15, 0.2) is 0 Å². The molecule has 31 heavy (non-hydrogen) atoms. The molecule has 0 bridgehead atoms. The summed E-state index contributed by atoms with van der Waals surface area (Å²) in [5.41, 5.74) is 1.91. The monoisotopic (exact) mass is 441 g/mol. The first-order valence-corrected chi connectivity index (χ1v) is 12.2. The average molecular weight is 442 g/mol. The molecule has 0 aliphatic carbocycles. The van der Waals surface area contributed by atoms with Gasteiger partial charge in [-0.05, 0) is 47.4 Å². The molecule has 1 saturated heterocycles. The number of benzene rings is 1. The van der Waals surface area contributed by atoms with Crippen LogP contribution < -0.4 is 5.32 Å². The second-order valence-corrected chi connectivity index (χ2v) is 11.4. The number of fused-ring (bicyclic) bond motifs is 1. The summed E-state index contributed by atoms with van der Waals surface area (Å²) in [6.45, 7) is 10.3. The predicted octanol–water partition coefficient (Wildman–Crippen LogP) is 4.01. The Balaban J connectivity index is 1.48. The molecule has 2 atom stereocenters. The third kappa shape index (κ3) is 4.45. The lowest BCUT2D eigenvalue weighted by Gasteiger charge is -2.36. The summed E-state index contributed by atoms with van der Waals surface area (Å²) in [6.07, 6.45) is 4.21. The van der Waals surface area contributed by atoms with Crippen LogP contribution in [0.3, 0.4) is 0 Å². The predicted molar refractivity (Wildman–Crippen MR) is 124 cm³/mol. The fourth-order valence-corrected chi connectivity index (χ4v) is 5.63. The standard InChI is InChI=1S/C23H31N5O2S/c1-16-10-12-28(31(29,30)19-7-5-18(6-8-19)23(2,3)4)14-17(16)13-25-22-20-9-11-24-21(20)26-15-27-22/h5-9,11,15-17H,10,12-14H2,1-4H3,(H2,24,25,26,27). The van der Waals surface area contributed by atoms with Crippen LogP contribution in [0.15, 0.2) is 47.8 Å². The number of aromatic nitrogens is 3. The molecule has 0 radical (unpaired) electrons. The first-order chi connectivity index (χ1) is 14.7. The summed E-state index contributed by atoms with van der Waals surface area (Å²) < 4.78 is 28.2. The van der Waals surface area contributed by atoms with Gasteiger partial charge in [-0.25, -0.2) is 18.4 Å². The van der Waals surface area contributed by atoms with Crippen LogP contribution in [0.4, 0.5) is 5.82 Å². The smallest absolute Gasteiger partial charge is 0.243 e. The number of rotatable bonds is 5. The Morgan fingerprint density at radius 2 is 1.90 bits per heavy atom. The molecule has 0 spiro atoms. The Kier molecular flexibility index (Phi) is 5.79. The summed E-state index contributed by atoms with van der Waals surface area (Å²) in [7, 11) is -3.51. The largest absolute Gasteiger partial charge is 0.369 e. The van der Waals surface area contributed by atoms with Crippen LogP contribution in [0.5, 0.6) is 0 Å². The second kappa shape index (κ2) is 8.24. The molecule has 3 heterocycles. The fourth-order valence-electron chi connectivity index (χ4n) is 4.12. The van der Waals surface area contributed by atoms with Crippen LogP contribution in [-0.4, -0.2) is 47.3 Å². The highest BCUT2D eigenvalue weighted by molar-refractivity contribution is 7.89. The number of hydrogen-bond donors (Lipinski definition) is 2. The molecule has 1 aromatic carbocycles. The molecular weight excluding hydrogens is 410 g/mol. The minimum Gasteiger partial charge on any atom is -0.369 e. The third-order valence-corrected chi connectivity index (χ3v) is 8.20. The van der Waals surface area contributed by atoms with E-state index in [2.05, 4.69) is 48.0 Å². The van der Waals surface area contributed by atoms with E-state index in [0.29, 0.717) is 30.4 Å². The molecule has 1 fully saturated rings. The van der Waals surface area contributed by atoms with E-state index in [1.54, 1.807) is 16.4 Å². The molecule has 166 valence electrons. The highest BCUT2D eigenvalue weighted by Gasteiger charge is 2.34. The minimum atomic E-state index is -3.51. The number of sulfonamides is 1. The molecule has 4 rings (SSSR count). The zero-order valence-electron chi connectivity index (χ0n) is 18.6. The Bertz CT molecular complexity index is 1150. The maximum Gasteiger partial charge on any atom is 0.243 e. The molecule has 2 N–H and O–H groups in total. The summed E-state index contributed by atoms with van der Waals surface area (Å²) in [4.78, 5) is 12.0. The van der Waals surface area contributed by atoms with Gasteiger partial charge in [0.1, 0.15) is 17.8 Å². The zero-order chi connectivity index (χ0) is 22.2. The van der Waals surface area contributed by atoms with Gasteiger partial charge in [-0.2, -0.15) is 4.31 Å². The van der Waals surface area contributed by atoms with Gasteiger partial charge in [0.05, 0.1) is 10.3 Å². The molecule has 8 heteroatoms. The minimum absolute atomic E-state index is 0.00844. The first kappa shape index (κ1) is 21.8. The van der Waals surface area contributed by atoms with Crippen LogP contribution in [0, 0.1) is 11.8 Å². The Hall–Kier alpha value is -2.45. The van der Waals surface area contributed by atoms with Gasteiger partial charge in [0.25, 0.3) is 0 Å². The highest BCUT2D eigenvalue weighted by Crippen LogP contribution is 2.30. The quantitative estimate of drug-likeness (QED) is 0.624. The molecule has 3 aromatic rings. The van der Waals surface area contributed by atoms with Gasteiger partial charge >= 0.3 is 0 Å². The van der Waals surface area contributed by atoms with E-state index in [4.69, 9.17) is 0 Å². The lowest BCUT2D eigenvalue weighted by atomic mass is 9.87. The molecular formula is C23H31N5O2S. The van der Waals surface area contributed by atoms with Crippen molar-refractivity contribution >= 4 is 26.9 Å². The van der Waals surface area contributed by atoms with Crippen molar-refractivity contribution in [2.24, 2.45) is 11.8 Å². The van der Waals surface area contributed by atoms with E-state index in [1.165, 1.54) is 6.33 Å².